The van der Waals surface area contributed by atoms with E-state index in [1.54, 1.807) is 53.0 Å². The number of nitrogens with zero attached hydrogens (tertiary/aromatic N) is 5. The third-order valence-corrected chi connectivity index (χ3v) is 8.90. The van der Waals surface area contributed by atoms with Crippen molar-refractivity contribution >= 4 is 30.0 Å². The Morgan fingerprint density at radius 3 is 2.64 bits per heavy atom. The molecule has 3 aliphatic rings. The number of amides is 3. The van der Waals surface area contributed by atoms with Crippen LogP contribution in [0.4, 0.5) is 13.6 Å². The zero-order valence-corrected chi connectivity index (χ0v) is 26.8. The summed E-state index contributed by atoms with van der Waals surface area (Å²) in [4.78, 5) is 55.5. The van der Waals surface area contributed by atoms with Crippen molar-refractivity contribution in [3.05, 3.63) is 35.7 Å². The SMILES string of the molecule is COc1ccc2c(c1)/C=C/CC[C@H](C)OC(=O)N[C@@H](C(C)(C)C)C(=O)N1C[C@@H](C[C@H]1C(=O)N[C@@]1(C(=O)O)C[C@H]1C(F)F)c1nnn-2n1. The molecule has 3 heterocycles. The molecule has 2 fully saturated rings. The maximum Gasteiger partial charge on any atom is 0.408 e. The molecular weight excluding hydrogens is 620 g/mol. The van der Waals surface area contributed by atoms with Crippen molar-refractivity contribution in [2.24, 2.45) is 11.3 Å². The Hall–Kier alpha value is -4.63. The first-order valence-electron chi connectivity index (χ1n) is 15.4. The number of benzene rings is 1. The number of carboxylic acids is 1. The molecule has 254 valence electrons. The van der Waals surface area contributed by atoms with Crippen molar-refractivity contribution in [3.8, 4) is 11.4 Å². The lowest BCUT2D eigenvalue weighted by molar-refractivity contribution is -0.147. The lowest BCUT2D eigenvalue weighted by atomic mass is 9.85. The number of nitrogens with one attached hydrogen (secondary N) is 2. The molecule has 1 saturated heterocycles. The molecule has 1 aliphatic carbocycles. The summed E-state index contributed by atoms with van der Waals surface area (Å²) < 4.78 is 38.0. The standard InChI is InChI=1S/C31H39F2N7O7/c1-16-8-6-7-9-17-12-19(46-5)10-11-21(17)40-37-25(36-38-40)18-13-22(26(41)35-31(28(43)44)14-20(31)24(32)33)39(15-18)27(42)23(30(2,3)4)34-29(45)47-16/h7,9-12,16,18,20,22-24H,6,8,13-15H2,1-5H3,(H,34,45)(H,35,41)(H,43,44)/b9-7+/t16-,18+,20-,22-,23+,31-/m0/s1. The maximum absolute atomic E-state index is 14.2. The van der Waals surface area contributed by atoms with Crippen molar-refractivity contribution < 1.29 is 42.5 Å². The summed E-state index contributed by atoms with van der Waals surface area (Å²) in [5.74, 6) is -4.52. The number of methoxy groups -OCH3 is 1. The van der Waals surface area contributed by atoms with Gasteiger partial charge >= 0.3 is 12.1 Å². The second-order valence-electron chi connectivity index (χ2n) is 13.4. The van der Waals surface area contributed by atoms with Crippen LogP contribution in [-0.2, 0) is 19.1 Å². The number of fused-ring (bicyclic) bond motifs is 7. The second-order valence-corrected chi connectivity index (χ2v) is 13.4. The van der Waals surface area contributed by atoms with Gasteiger partial charge < -0.3 is 30.1 Å². The van der Waals surface area contributed by atoms with Crippen molar-refractivity contribution in [2.45, 2.75) is 89.4 Å². The van der Waals surface area contributed by atoms with Crippen LogP contribution in [-0.4, -0.2) is 97.9 Å². The minimum Gasteiger partial charge on any atom is -0.497 e. The van der Waals surface area contributed by atoms with E-state index in [4.69, 9.17) is 9.47 Å². The number of hydrogen-bond acceptors (Lipinski definition) is 9. The summed E-state index contributed by atoms with van der Waals surface area (Å²) >= 11 is 0. The van der Waals surface area contributed by atoms with Crippen molar-refractivity contribution in [3.63, 3.8) is 0 Å². The lowest BCUT2D eigenvalue weighted by Gasteiger charge is -2.35. The number of tetrazole rings is 1. The Labute approximate surface area is 269 Å². The van der Waals surface area contributed by atoms with Crippen LogP contribution in [0.2, 0.25) is 0 Å². The Morgan fingerprint density at radius 2 is 2.00 bits per heavy atom. The number of hydrogen-bond donors (Lipinski definition) is 3. The molecule has 3 amide bonds. The van der Waals surface area contributed by atoms with Crippen molar-refractivity contribution in [1.82, 2.24) is 35.7 Å². The number of halogens is 2. The highest BCUT2D eigenvalue weighted by Crippen LogP contribution is 2.48. The Bertz CT molecular complexity index is 1580. The van der Waals surface area contributed by atoms with Gasteiger partial charge in [0.2, 0.25) is 18.2 Å². The van der Waals surface area contributed by atoms with Gasteiger partial charge in [-0.25, -0.2) is 18.4 Å². The summed E-state index contributed by atoms with van der Waals surface area (Å²) in [5, 5.41) is 27.8. The van der Waals surface area contributed by atoms with E-state index in [9.17, 15) is 33.1 Å². The third kappa shape index (κ3) is 6.90. The zero-order valence-electron chi connectivity index (χ0n) is 26.8. The second kappa shape index (κ2) is 12.9. The normalized spacial score (nSPS) is 28.8. The fourth-order valence-electron chi connectivity index (χ4n) is 6.07. The highest BCUT2D eigenvalue weighted by molar-refractivity contribution is 5.96. The largest absolute Gasteiger partial charge is 0.497 e. The van der Waals surface area contributed by atoms with Crippen LogP contribution in [0.1, 0.15) is 70.7 Å². The van der Waals surface area contributed by atoms with Gasteiger partial charge in [-0.2, -0.15) is 0 Å². The monoisotopic (exact) mass is 659 g/mol. The number of alkyl carbamates (subject to hydrolysis) is 1. The molecule has 6 atom stereocenters. The Balaban J connectivity index is 1.54. The molecule has 0 spiro atoms. The lowest BCUT2D eigenvalue weighted by Crippen LogP contribution is -2.59. The highest BCUT2D eigenvalue weighted by atomic mass is 19.3. The van der Waals surface area contributed by atoms with E-state index < -0.39 is 77.7 Å². The number of ether oxygens (including phenoxy) is 2. The quantitative estimate of drug-likeness (QED) is 0.432. The van der Waals surface area contributed by atoms with Gasteiger partial charge in [0.15, 0.2) is 5.82 Å². The molecule has 5 rings (SSSR count). The molecule has 16 heteroatoms. The molecule has 1 saturated carbocycles. The summed E-state index contributed by atoms with van der Waals surface area (Å²) in [6.45, 7) is 6.83. The smallest absolute Gasteiger partial charge is 0.408 e. The third-order valence-electron chi connectivity index (χ3n) is 8.90. The topological polar surface area (TPSA) is 178 Å². The van der Waals surface area contributed by atoms with Gasteiger partial charge in [-0.05, 0) is 61.4 Å². The van der Waals surface area contributed by atoms with E-state index in [0.717, 1.165) is 0 Å². The number of carbonyl (C=O) groups excluding carboxylic acids is 3. The molecule has 47 heavy (non-hydrogen) atoms. The summed E-state index contributed by atoms with van der Waals surface area (Å²) in [6, 6.07) is 2.85. The molecule has 1 aromatic carbocycles. The number of alkyl halides is 2. The molecule has 3 N–H and O–H groups in total. The van der Waals surface area contributed by atoms with Crippen LogP contribution < -0.4 is 15.4 Å². The van der Waals surface area contributed by atoms with E-state index in [2.05, 4.69) is 26.0 Å². The molecular formula is C31H39F2N7O7. The van der Waals surface area contributed by atoms with Crippen molar-refractivity contribution in [1.29, 1.82) is 0 Å². The van der Waals surface area contributed by atoms with Crippen LogP contribution >= 0.6 is 0 Å². The predicted octanol–water partition coefficient (Wildman–Crippen LogP) is 2.92. The minimum atomic E-state index is -2.96. The maximum atomic E-state index is 14.2. The first kappa shape index (κ1) is 33.7. The molecule has 4 bridgehead atoms. The van der Waals surface area contributed by atoms with Crippen LogP contribution in [0, 0.1) is 11.3 Å². The van der Waals surface area contributed by atoms with Gasteiger partial charge in [0, 0.05) is 18.0 Å². The van der Waals surface area contributed by atoms with Gasteiger partial charge in [0.1, 0.15) is 29.5 Å². The fourth-order valence-corrected chi connectivity index (χ4v) is 6.07. The number of allylic oxidation sites excluding steroid dienone is 1. The van der Waals surface area contributed by atoms with E-state index in [-0.39, 0.29) is 18.8 Å². The summed E-state index contributed by atoms with van der Waals surface area (Å²) in [5.41, 5.74) is -1.71. The molecule has 0 radical (unpaired) electrons. The first-order chi connectivity index (χ1) is 22.1. The van der Waals surface area contributed by atoms with Gasteiger partial charge in [0.25, 0.3) is 0 Å². The minimum absolute atomic E-state index is 0.0496. The average molecular weight is 660 g/mol. The molecule has 14 nitrogen and oxygen atoms in total. The van der Waals surface area contributed by atoms with Gasteiger partial charge in [0.05, 0.1) is 18.7 Å². The number of carbonyl (C=O) groups is 4. The number of rotatable bonds is 5. The van der Waals surface area contributed by atoms with Crippen LogP contribution in [0.3, 0.4) is 0 Å². The summed E-state index contributed by atoms with van der Waals surface area (Å²) in [6.07, 6.45) is 0.0221. The number of cyclic esters (lactones) is 1. The molecule has 2 aromatic rings. The molecule has 2 aliphatic heterocycles. The van der Waals surface area contributed by atoms with Crippen LogP contribution in [0.15, 0.2) is 24.3 Å². The first-order valence-corrected chi connectivity index (χ1v) is 15.4. The number of aliphatic carboxylic acids is 1. The Morgan fingerprint density at radius 1 is 1.26 bits per heavy atom. The predicted molar refractivity (Wildman–Crippen MR) is 162 cm³/mol. The van der Waals surface area contributed by atoms with E-state index in [1.165, 1.54) is 9.70 Å². The van der Waals surface area contributed by atoms with Gasteiger partial charge in [-0.15, -0.1) is 15.0 Å². The fraction of sp³-hybridized carbons (Fsp3) is 0.581. The van der Waals surface area contributed by atoms with Gasteiger partial charge in [-0.1, -0.05) is 32.9 Å². The van der Waals surface area contributed by atoms with Gasteiger partial charge in [-0.3, -0.25) is 9.59 Å². The van der Waals surface area contributed by atoms with E-state index in [0.29, 0.717) is 29.8 Å². The molecule has 1 aromatic heterocycles. The van der Waals surface area contributed by atoms with E-state index >= 15 is 0 Å². The van der Waals surface area contributed by atoms with E-state index in [1.807, 2.05) is 12.2 Å². The highest BCUT2D eigenvalue weighted by Gasteiger charge is 2.66. The molecule has 0 unspecified atom stereocenters. The number of carboxylic acid groups (broad SMARTS) is 1. The van der Waals surface area contributed by atoms with Crippen molar-refractivity contribution in [2.75, 3.05) is 13.7 Å². The average Bonchev–Trinajstić information content (AvgIpc) is 3.32. The zero-order chi connectivity index (χ0) is 34.3. The summed E-state index contributed by atoms with van der Waals surface area (Å²) in [7, 11) is 1.54. The Kier molecular flexibility index (Phi) is 9.24. The number of aromatic nitrogens is 4. The van der Waals surface area contributed by atoms with Crippen LogP contribution in [0.5, 0.6) is 5.75 Å². The van der Waals surface area contributed by atoms with Crippen LogP contribution in [0.25, 0.3) is 11.8 Å².